The maximum atomic E-state index is 5.57. The van der Waals surface area contributed by atoms with Crippen molar-refractivity contribution in [2.75, 3.05) is 0 Å². The molecule has 0 atom stereocenters. The zero-order valence-corrected chi connectivity index (χ0v) is 34.6. The second-order valence-corrected chi connectivity index (χ2v) is 16.6. The van der Waals surface area contributed by atoms with Crippen molar-refractivity contribution in [1.29, 1.82) is 0 Å². The average Bonchev–Trinajstić information content (AvgIpc) is 4.03. The van der Waals surface area contributed by atoms with Crippen LogP contribution in [0.3, 0.4) is 0 Å². The summed E-state index contributed by atoms with van der Waals surface area (Å²) >= 11 is 1.80. The number of thiophene rings is 1. The van der Waals surface area contributed by atoms with Crippen molar-refractivity contribution in [1.82, 2.24) is 24.1 Å². The van der Waals surface area contributed by atoms with Gasteiger partial charge < -0.3 is 4.57 Å². The Morgan fingerprint density at radius 1 is 0.597 bits per heavy atom. The number of hydrogen-bond acceptors (Lipinski definition) is 4. The Kier molecular flexibility index (Phi) is 8.34. The number of pyridine rings is 1. The topological polar surface area (TPSA) is 48.5 Å². The molecule has 0 saturated carbocycles. The Labute approximate surface area is 361 Å². The molecule has 0 fully saturated rings. The fourth-order valence-electron chi connectivity index (χ4n) is 9.37. The number of rotatable bonds is 7. The minimum absolute atomic E-state index is 0.659. The number of aromatic nitrogens is 5. The van der Waals surface area contributed by atoms with Crippen LogP contribution >= 0.6 is 11.3 Å². The largest absolute Gasteiger partial charge is 0.309 e. The molecule has 0 bridgehead atoms. The Balaban J connectivity index is 1.19. The van der Waals surface area contributed by atoms with Gasteiger partial charge in [0.1, 0.15) is 0 Å². The molecule has 0 amide bonds. The molecule has 62 heavy (non-hydrogen) atoms. The van der Waals surface area contributed by atoms with Crippen molar-refractivity contribution < 1.29 is 0 Å². The molecule has 0 radical (unpaired) electrons. The minimum atomic E-state index is 0.659. The van der Waals surface area contributed by atoms with E-state index in [4.69, 9.17) is 9.97 Å². The molecule has 5 aromatic heterocycles. The van der Waals surface area contributed by atoms with Crippen LogP contribution in [0.4, 0.5) is 0 Å². The van der Waals surface area contributed by atoms with Crippen molar-refractivity contribution in [2.45, 2.75) is 6.92 Å². The van der Waals surface area contributed by atoms with Crippen LogP contribution in [0.25, 0.3) is 120 Å². The van der Waals surface area contributed by atoms with E-state index >= 15 is 0 Å². The molecular weight excluding hydrogens is 775 g/mol. The Bertz CT molecular complexity index is 3830. The van der Waals surface area contributed by atoms with Crippen molar-refractivity contribution in [3.05, 3.63) is 201 Å². The van der Waals surface area contributed by atoms with Gasteiger partial charge in [0.2, 0.25) is 0 Å². The van der Waals surface area contributed by atoms with Gasteiger partial charge in [-0.15, -0.1) is 11.3 Å². The number of benzene rings is 7. The molecule has 5 heterocycles. The molecule has 292 valence electrons. The third-order valence-electron chi connectivity index (χ3n) is 12.1. The highest BCUT2D eigenvalue weighted by molar-refractivity contribution is 7.23. The van der Waals surface area contributed by atoms with Gasteiger partial charge in [-0.3, -0.25) is 9.55 Å². The van der Waals surface area contributed by atoms with Crippen LogP contribution < -0.4 is 0 Å². The lowest BCUT2D eigenvalue weighted by molar-refractivity contribution is 1.08. The second-order valence-electron chi connectivity index (χ2n) is 15.6. The Hall–Kier alpha value is -7.93. The van der Waals surface area contributed by atoms with E-state index in [1.54, 1.807) is 23.7 Å². The highest BCUT2D eigenvalue weighted by Crippen LogP contribution is 2.45. The zero-order valence-electron chi connectivity index (χ0n) is 33.8. The maximum Gasteiger partial charge on any atom is 0.162 e. The van der Waals surface area contributed by atoms with Gasteiger partial charge in [-0.2, -0.15) is 0 Å². The van der Waals surface area contributed by atoms with Crippen LogP contribution in [0.2, 0.25) is 0 Å². The Morgan fingerprint density at radius 3 is 2.24 bits per heavy atom. The highest BCUT2D eigenvalue weighted by atomic mass is 32.1. The van der Waals surface area contributed by atoms with Crippen LogP contribution in [-0.4, -0.2) is 24.1 Å². The van der Waals surface area contributed by atoms with Gasteiger partial charge in [0.15, 0.2) is 11.6 Å². The number of para-hydroxylation sites is 1. The normalized spacial score (nSPS) is 12.4. The number of hydrogen-bond donors (Lipinski definition) is 0. The zero-order chi connectivity index (χ0) is 41.3. The van der Waals surface area contributed by atoms with Gasteiger partial charge in [0.25, 0.3) is 0 Å². The summed E-state index contributed by atoms with van der Waals surface area (Å²) in [7, 11) is 0. The van der Waals surface area contributed by atoms with Crippen LogP contribution in [0.5, 0.6) is 0 Å². The van der Waals surface area contributed by atoms with E-state index in [0.717, 1.165) is 65.7 Å². The summed E-state index contributed by atoms with van der Waals surface area (Å²) in [6, 6.07) is 56.8. The molecule has 0 N–H and O–H groups in total. The van der Waals surface area contributed by atoms with Crippen molar-refractivity contribution >= 4 is 92.4 Å². The predicted molar refractivity (Wildman–Crippen MR) is 263 cm³/mol. The third-order valence-corrected chi connectivity index (χ3v) is 13.3. The second kappa shape index (κ2) is 14.4. The molecular formula is C56H37N5S. The van der Waals surface area contributed by atoms with E-state index < -0.39 is 0 Å². The molecule has 0 unspecified atom stereocenters. The maximum absolute atomic E-state index is 5.57. The number of allylic oxidation sites excluding steroid dienone is 5. The van der Waals surface area contributed by atoms with Gasteiger partial charge in [-0.05, 0) is 95.1 Å². The van der Waals surface area contributed by atoms with Gasteiger partial charge in [0.05, 0.1) is 33.0 Å². The summed E-state index contributed by atoms with van der Waals surface area (Å²) in [5.41, 5.74) is 10.8. The molecule has 7 aromatic carbocycles. The van der Waals surface area contributed by atoms with E-state index in [-0.39, 0.29) is 0 Å². The molecule has 0 spiro atoms. The standard InChI is InChI=1S/C56H37N5S/c1-3-5-17-40(4-2)60-47-21-12-11-19-44(47)51-41(20-13-22-49(51)60)38-25-28-48-45(33-38)43-26-23-35-14-9-10-18-42(35)53(43)61(48)56-52-46(58-55(59-56)37-29-31-57-32-30-37)27-24-39-34-50(62-54(39)52)36-15-7-6-8-16-36/h3-34H,2H2,1H3/b5-3-,40-17+. The van der Waals surface area contributed by atoms with E-state index in [1.807, 2.05) is 31.2 Å². The first-order chi connectivity index (χ1) is 30.7. The Morgan fingerprint density at radius 2 is 1.39 bits per heavy atom. The summed E-state index contributed by atoms with van der Waals surface area (Å²) in [5.74, 6) is 1.51. The molecule has 6 heteroatoms. The van der Waals surface area contributed by atoms with E-state index in [1.165, 1.54) is 48.3 Å². The van der Waals surface area contributed by atoms with Crippen molar-refractivity contribution in [3.8, 4) is 38.8 Å². The quantitative estimate of drug-likeness (QED) is 0.151. The van der Waals surface area contributed by atoms with Crippen LogP contribution in [0.15, 0.2) is 201 Å². The lowest BCUT2D eigenvalue weighted by Gasteiger charge is -2.14. The molecule has 12 aromatic rings. The van der Waals surface area contributed by atoms with Gasteiger partial charge in [-0.1, -0.05) is 128 Å². The highest BCUT2D eigenvalue weighted by Gasteiger charge is 2.23. The fraction of sp³-hybridized carbons (Fsp3) is 0.0179. The lowest BCUT2D eigenvalue weighted by Crippen LogP contribution is -2.03. The fourth-order valence-corrected chi connectivity index (χ4v) is 10.6. The molecule has 0 saturated heterocycles. The summed E-state index contributed by atoms with van der Waals surface area (Å²) in [5, 5.41) is 9.27. The van der Waals surface area contributed by atoms with E-state index in [2.05, 4.69) is 178 Å². The van der Waals surface area contributed by atoms with Gasteiger partial charge in [0, 0.05) is 60.2 Å². The van der Waals surface area contributed by atoms with Crippen molar-refractivity contribution in [3.63, 3.8) is 0 Å². The minimum Gasteiger partial charge on any atom is -0.309 e. The van der Waals surface area contributed by atoms with Crippen LogP contribution in [0.1, 0.15) is 6.92 Å². The first kappa shape index (κ1) is 36.0. The average molecular weight is 812 g/mol. The van der Waals surface area contributed by atoms with Gasteiger partial charge in [-0.25, -0.2) is 9.97 Å². The third kappa shape index (κ3) is 5.50. The van der Waals surface area contributed by atoms with E-state index in [9.17, 15) is 0 Å². The molecule has 0 aliphatic heterocycles. The number of fused-ring (bicyclic) bond motifs is 11. The van der Waals surface area contributed by atoms with Gasteiger partial charge >= 0.3 is 0 Å². The summed E-state index contributed by atoms with van der Waals surface area (Å²) in [6.45, 7) is 6.25. The van der Waals surface area contributed by atoms with Crippen LogP contribution in [-0.2, 0) is 0 Å². The number of nitrogens with zero attached hydrogens (tertiary/aromatic N) is 5. The van der Waals surface area contributed by atoms with Crippen LogP contribution in [0, 0.1) is 0 Å². The van der Waals surface area contributed by atoms with E-state index in [0.29, 0.717) is 5.82 Å². The first-order valence-corrected chi connectivity index (χ1v) is 21.6. The summed E-state index contributed by atoms with van der Waals surface area (Å²) in [6.07, 6.45) is 11.8. The molecule has 0 aliphatic carbocycles. The smallest absolute Gasteiger partial charge is 0.162 e. The van der Waals surface area contributed by atoms with Crippen molar-refractivity contribution in [2.24, 2.45) is 0 Å². The molecule has 5 nitrogen and oxygen atoms in total. The SMILES string of the molecule is C=C/C(=C\C=C/C)n1c2ccccc2c2c(-c3ccc4c(c3)c3ccc5ccccc5c3n4-c3nc(-c4ccncc4)nc4ccc5cc(-c6ccccc6)sc5c34)cccc21. The molecule has 12 rings (SSSR count). The lowest BCUT2D eigenvalue weighted by atomic mass is 9.97. The first-order valence-electron chi connectivity index (χ1n) is 20.8. The summed E-state index contributed by atoms with van der Waals surface area (Å²) < 4.78 is 5.89. The molecule has 0 aliphatic rings. The predicted octanol–water partition coefficient (Wildman–Crippen LogP) is 15.2. The summed E-state index contributed by atoms with van der Waals surface area (Å²) in [4.78, 5) is 16.3. The monoisotopic (exact) mass is 811 g/mol.